The maximum absolute atomic E-state index is 12.6. The van der Waals surface area contributed by atoms with Gasteiger partial charge >= 0.3 is 0 Å². The van der Waals surface area contributed by atoms with Crippen LogP contribution in [0.4, 0.5) is 0 Å². The number of hydrogen-bond acceptors (Lipinski definition) is 5. The second-order valence-electron chi connectivity index (χ2n) is 6.42. The van der Waals surface area contributed by atoms with Crippen LogP contribution in [0.15, 0.2) is 35.5 Å². The van der Waals surface area contributed by atoms with Crippen molar-refractivity contribution < 1.29 is 0 Å². The van der Waals surface area contributed by atoms with E-state index in [-0.39, 0.29) is 5.56 Å². The maximum Gasteiger partial charge on any atom is 0.255 e. The van der Waals surface area contributed by atoms with E-state index in [1.807, 2.05) is 30.1 Å². The Hall–Kier alpha value is -2.80. The molecule has 0 aliphatic carbocycles. The molecule has 0 unspecified atom stereocenters. The SMILES string of the molecule is Cc1c(CN2CCc3nc(-c4ccncc4)[nH]c(=O)c3C2)cnn1C. The summed E-state index contributed by atoms with van der Waals surface area (Å²) in [6.45, 7) is 4.36. The molecule has 0 saturated carbocycles. The van der Waals surface area contributed by atoms with E-state index >= 15 is 0 Å². The van der Waals surface area contributed by atoms with Crippen molar-refractivity contribution in [3.05, 3.63) is 63.6 Å². The van der Waals surface area contributed by atoms with Crippen molar-refractivity contribution in [2.75, 3.05) is 6.54 Å². The number of hydrogen-bond donors (Lipinski definition) is 1. The van der Waals surface area contributed by atoms with Crippen LogP contribution in [0.2, 0.25) is 0 Å². The lowest BCUT2D eigenvalue weighted by Crippen LogP contribution is -2.35. The van der Waals surface area contributed by atoms with Crippen molar-refractivity contribution in [2.24, 2.45) is 7.05 Å². The number of nitrogens with zero attached hydrogens (tertiary/aromatic N) is 5. The zero-order valence-corrected chi connectivity index (χ0v) is 14.4. The Kier molecular flexibility index (Phi) is 3.93. The van der Waals surface area contributed by atoms with Crippen molar-refractivity contribution in [1.29, 1.82) is 0 Å². The standard InChI is InChI=1S/C18H20N6O/c1-12-14(9-20-23(12)2)10-24-8-5-16-15(11-24)18(25)22-17(21-16)13-3-6-19-7-4-13/h3-4,6-7,9H,5,8,10-11H2,1-2H3,(H,21,22,25). The minimum atomic E-state index is -0.0515. The predicted molar refractivity (Wildman–Crippen MR) is 93.9 cm³/mol. The first-order valence-corrected chi connectivity index (χ1v) is 8.34. The number of aromatic nitrogens is 5. The van der Waals surface area contributed by atoms with E-state index in [1.165, 1.54) is 5.56 Å². The summed E-state index contributed by atoms with van der Waals surface area (Å²) in [5.74, 6) is 0.614. The highest BCUT2D eigenvalue weighted by Gasteiger charge is 2.22. The molecule has 3 aromatic heterocycles. The average molecular weight is 336 g/mol. The van der Waals surface area contributed by atoms with Gasteiger partial charge in [-0.15, -0.1) is 0 Å². The van der Waals surface area contributed by atoms with Crippen LogP contribution in [-0.4, -0.2) is 36.2 Å². The normalized spacial score (nSPS) is 14.5. The first-order chi connectivity index (χ1) is 12.1. The fourth-order valence-electron chi connectivity index (χ4n) is 3.20. The molecule has 128 valence electrons. The number of rotatable bonds is 3. The van der Waals surface area contributed by atoms with Crippen LogP contribution in [0.1, 0.15) is 22.5 Å². The van der Waals surface area contributed by atoms with Gasteiger partial charge in [-0.25, -0.2) is 4.98 Å². The highest BCUT2D eigenvalue weighted by Crippen LogP contribution is 2.20. The quantitative estimate of drug-likeness (QED) is 0.783. The molecule has 0 spiro atoms. The summed E-state index contributed by atoms with van der Waals surface area (Å²) in [7, 11) is 1.94. The molecule has 0 radical (unpaired) electrons. The molecule has 0 aromatic carbocycles. The molecule has 7 nitrogen and oxygen atoms in total. The lowest BCUT2D eigenvalue weighted by molar-refractivity contribution is 0.241. The fraction of sp³-hybridized carbons (Fsp3) is 0.333. The Morgan fingerprint density at radius 3 is 2.80 bits per heavy atom. The van der Waals surface area contributed by atoms with Gasteiger partial charge in [0.25, 0.3) is 5.56 Å². The monoisotopic (exact) mass is 336 g/mol. The minimum absolute atomic E-state index is 0.0515. The van der Waals surface area contributed by atoms with Gasteiger partial charge in [0, 0.05) is 62.3 Å². The summed E-state index contributed by atoms with van der Waals surface area (Å²) in [4.78, 5) is 26.4. The van der Waals surface area contributed by atoms with Gasteiger partial charge in [0.2, 0.25) is 0 Å². The van der Waals surface area contributed by atoms with Gasteiger partial charge in [0.05, 0.1) is 17.5 Å². The minimum Gasteiger partial charge on any atom is -0.306 e. The zero-order valence-electron chi connectivity index (χ0n) is 14.4. The molecule has 0 atom stereocenters. The third-order valence-corrected chi connectivity index (χ3v) is 4.83. The number of fused-ring (bicyclic) bond motifs is 1. The summed E-state index contributed by atoms with van der Waals surface area (Å²) >= 11 is 0. The maximum atomic E-state index is 12.6. The molecule has 25 heavy (non-hydrogen) atoms. The lowest BCUT2D eigenvalue weighted by Gasteiger charge is -2.27. The van der Waals surface area contributed by atoms with Gasteiger partial charge < -0.3 is 4.98 Å². The van der Waals surface area contributed by atoms with Crippen LogP contribution < -0.4 is 5.56 Å². The molecule has 0 saturated heterocycles. The van der Waals surface area contributed by atoms with Gasteiger partial charge in [-0.05, 0) is 19.1 Å². The average Bonchev–Trinajstić information content (AvgIpc) is 2.95. The third kappa shape index (κ3) is 2.98. The highest BCUT2D eigenvalue weighted by atomic mass is 16.1. The molecule has 0 fully saturated rings. The second-order valence-corrected chi connectivity index (χ2v) is 6.42. The number of aromatic amines is 1. The van der Waals surface area contributed by atoms with Crippen LogP contribution in [0.3, 0.4) is 0 Å². The Morgan fingerprint density at radius 1 is 1.28 bits per heavy atom. The van der Waals surface area contributed by atoms with Gasteiger partial charge in [-0.3, -0.25) is 19.4 Å². The first kappa shape index (κ1) is 15.7. The van der Waals surface area contributed by atoms with E-state index in [0.29, 0.717) is 12.4 Å². The predicted octanol–water partition coefficient (Wildman–Crippen LogP) is 1.43. The summed E-state index contributed by atoms with van der Waals surface area (Å²) < 4.78 is 1.88. The molecule has 1 aliphatic rings. The van der Waals surface area contributed by atoms with Crippen LogP contribution in [-0.2, 0) is 26.6 Å². The van der Waals surface area contributed by atoms with Crippen LogP contribution in [0, 0.1) is 6.92 Å². The topological polar surface area (TPSA) is 79.7 Å². The Labute approximate surface area is 145 Å². The Morgan fingerprint density at radius 2 is 2.08 bits per heavy atom. The van der Waals surface area contributed by atoms with Gasteiger partial charge in [-0.1, -0.05) is 0 Å². The van der Waals surface area contributed by atoms with E-state index in [2.05, 4.69) is 31.9 Å². The van der Waals surface area contributed by atoms with Crippen LogP contribution >= 0.6 is 0 Å². The number of aryl methyl sites for hydroxylation is 1. The third-order valence-electron chi connectivity index (χ3n) is 4.83. The van der Waals surface area contributed by atoms with Crippen molar-refractivity contribution in [2.45, 2.75) is 26.4 Å². The van der Waals surface area contributed by atoms with Gasteiger partial charge in [-0.2, -0.15) is 5.10 Å². The fourth-order valence-corrected chi connectivity index (χ4v) is 3.20. The second kappa shape index (κ2) is 6.25. The summed E-state index contributed by atoms with van der Waals surface area (Å²) in [6, 6.07) is 3.70. The molecule has 0 amide bonds. The number of H-pyrrole nitrogens is 1. The molecular weight excluding hydrogens is 316 g/mol. The molecule has 1 N–H and O–H groups in total. The molecule has 7 heteroatoms. The van der Waals surface area contributed by atoms with E-state index < -0.39 is 0 Å². The first-order valence-electron chi connectivity index (χ1n) is 8.34. The van der Waals surface area contributed by atoms with Crippen LogP contribution in [0.5, 0.6) is 0 Å². The number of nitrogens with one attached hydrogen (secondary N) is 1. The van der Waals surface area contributed by atoms with Crippen LogP contribution in [0.25, 0.3) is 11.4 Å². The summed E-state index contributed by atoms with van der Waals surface area (Å²) in [6.07, 6.45) is 6.08. The lowest BCUT2D eigenvalue weighted by atomic mass is 10.1. The van der Waals surface area contributed by atoms with Crippen molar-refractivity contribution >= 4 is 0 Å². The Balaban J connectivity index is 1.60. The largest absolute Gasteiger partial charge is 0.306 e. The van der Waals surface area contributed by atoms with E-state index in [4.69, 9.17) is 0 Å². The molecule has 3 aromatic rings. The summed E-state index contributed by atoms with van der Waals surface area (Å²) in [5, 5.41) is 4.29. The summed E-state index contributed by atoms with van der Waals surface area (Å²) in [5.41, 5.74) is 4.85. The van der Waals surface area contributed by atoms with Crippen molar-refractivity contribution in [3.8, 4) is 11.4 Å². The van der Waals surface area contributed by atoms with Crippen molar-refractivity contribution in [1.82, 2.24) is 29.6 Å². The number of pyridine rings is 1. The zero-order chi connectivity index (χ0) is 17.4. The Bertz CT molecular complexity index is 959. The van der Waals surface area contributed by atoms with E-state index in [9.17, 15) is 4.79 Å². The molecule has 1 aliphatic heterocycles. The molecule has 4 rings (SSSR count). The van der Waals surface area contributed by atoms with E-state index in [0.717, 1.165) is 42.0 Å². The van der Waals surface area contributed by atoms with Crippen molar-refractivity contribution in [3.63, 3.8) is 0 Å². The molecular formula is C18H20N6O. The molecule has 0 bridgehead atoms. The van der Waals surface area contributed by atoms with Gasteiger partial charge in [0.1, 0.15) is 5.82 Å². The smallest absolute Gasteiger partial charge is 0.255 e. The molecule has 4 heterocycles. The van der Waals surface area contributed by atoms with Gasteiger partial charge in [0.15, 0.2) is 0 Å². The highest BCUT2D eigenvalue weighted by molar-refractivity contribution is 5.54. The van der Waals surface area contributed by atoms with E-state index in [1.54, 1.807) is 12.4 Å².